The van der Waals surface area contributed by atoms with Gasteiger partial charge in [0.05, 0.1) is 6.10 Å². The Morgan fingerprint density at radius 3 is 3.00 bits per heavy atom. The summed E-state index contributed by atoms with van der Waals surface area (Å²) in [6, 6.07) is 5.17. The molecule has 0 spiro atoms. The number of pyridine rings is 1. The summed E-state index contributed by atoms with van der Waals surface area (Å²) in [5.74, 6) is -0.203. The molecule has 1 rings (SSSR count). The van der Waals surface area contributed by atoms with E-state index in [2.05, 4.69) is 10.3 Å². The molecule has 1 heterocycles. The lowest BCUT2D eigenvalue weighted by atomic mass is 10.3. The van der Waals surface area contributed by atoms with Crippen LogP contribution in [0.25, 0.3) is 0 Å². The predicted octanol–water partition coefficient (Wildman–Crippen LogP) is 0.582. The highest BCUT2D eigenvalue weighted by Crippen LogP contribution is 1.93. The lowest BCUT2D eigenvalue weighted by Crippen LogP contribution is -2.27. The first-order valence-corrected chi connectivity index (χ1v) is 4.57. The average molecular weight is 194 g/mol. The minimum atomic E-state index is -0.390. The van der Waals surface area contributed by atoms with Crippen molar-refractivity contribution in [2.45, 2.75) is 19.4 Å². The Kier molecular flexibility index (Phi) is 4.07. The number of amides is 1. The van der Waals surface area contributed by atoms with Crippen LogP contribution in [0.1, 0.15) is 23.8 Å². The van der Waals surface area contributed by atoms with Crippen LogP contribution in [0.4, 0.5) is 0 Å². The maximum absolute atomic E-state index is 11.4. The van der Waals surface area contributed by atoms with Crippen molar-refractivity contribution in [3.8, 4) is 0 Å². The van der Waals surface area contributed by atoms with Gasteiger partial charge >= 0.3 is 0 Å². The molecular weight excluding hydrogens is 180 g/mol. The van der Waals surface area contributed by atoms with Gasteiger partial charge in [0.25, 0.3) is 5.91 Å². The molecule has 2 N–H and O–H groups in total. The van der Waals surface area contributed by atoms with Gasteiger partial charge in [-0.3, -0.25) is 9.78 Å². The minimum absolute atomic E-state index is 0.203. The van der Waals surface area contributed by atoms with E-state index in [0.717, 1.165) is 0 Å². The van der Waals surface area contributed by atoms with Gasteiger partial charge in [-0.15, -0.1) is 0 Å². The first-order chi connectivity index (χ1) is 6.70. The van der Waals surface area contributed by atoms with Crippen molar-refractivity contribution in [1.29, 1.82) is 0 Å². The van der Waals surface area contributed by atoms with Crippen LogP contribution in [0.5, 0.6) is 0 Å². The van der Waals surface area contributed by atoms with Crippen LogP contribution in [0.2, 0.25) is 0 Å². The fraction of sp³-hybridized carbons (Fsp3) is 0.400. The van der Waals surface area contributed by atoms with Crippen molar-refractivity contribution >= 4 is 5.91 Å². The number of hydrogen-bond acceptors (Lipinski definition) is 3. The molecule has 0 bridgehead atoms. The molecule has 1 aromatic rings. The second-order valence-electron chi connectivity index (χ2n) is 3.11. The number of nitrogens with zero attached hydrogens (tertiary/aromatic N) is 1. The number of carbonyl (C=O) groups excluding carboxylic acids is 1. The van der Waals surface area contributed by atoms with Gasteiger partial charge in [-0.25, -0.2) is 0 Å². The predicted molar refractivity (Wildman–Crippen MR) is 52.9 cm³/mol. The lowest BCUT2D eigenvalue weighted by Gasteiger charge is -2.05. The molecule has 0 radical (unpaired) electrons. The maximum Gasteiger partial charge on any atom is 0.269 e. The molecule has 1 aromatic heterocycles. The quantitative estimate of drug-likeness (QED) is 0.737. The Labute approximate surface area is 83.0 Å². The van der Waals surface area contributed by atoms with Crippen molar-refractivity contribution < 1.29 is 9.90 Å². The van der Waals surface area contributed by atoms with E-state index in [1.165, 1.54) is 0 Å². The molecule has 0 saturated heterocycles. The van der Waals surface area contributed by atoms with Crippen LogP contribution in [0, 0.1) is 0 Å². The van der Waals surface area contributed by atoms with Gasteiger partial charge in [0, 0.05) is 12.7 Å². The van der Waals surface area contributed by atoms with Crippen molar-refractivity contribution in [3.05, 3.63) is 30.1 Å². The number of aromatic nitrogens is 1. The molecule has 4 heteroatoms. The fourth-order valence-corrected chi connectivity index (χ4v) is 0.982. The third kappa shape index (κ3) is 3.53. The Morgan fingerprint density at radius 1 is 1.64 bits per heavy atom. The van der Waals surface area contributed by atoms with Crippen molar-refractivity contribution in [2.24, 2.45) is 0 Å². The zero-order chi connectivity index (χ0) is 10.4. The maximum atomic E-state index is 11.4. The highest BCUT2D eigenvalue weighted by molar-refractivity contribution is 5.92. The highest BCUT2D eigenvalue weighted by atomic mass is 16.3. The summed E-state index contributed by atoms with van der Waals surface area (Å²) in [5.41, 5.74) is 0.401. The molecule has 0 aromatic carbocycles. The molecule has 14 heavy (non-hydrogen) atoms. The Bertz CT molecular complexity index is 285. The van der Waals surface area contributed by atoms with Gasteiger partial charge in [-0.1, -0.05) is 6.07 Å². The van der Waals surface area contributed by atoms with E-state index in [9.17, 15) is 4.79 Å². The molecular formula is C10H14N2O2. The highest BCUT2D eigenvalue weighted by Gasteiger charge is 2.05. The normalized spacial score (nSPS) is 12.1. The molecule has 1 unspecified atom stereocenters. The fourth-order valence-electron chi connectivity index (χ4n) is 0.982. The second-order valence-corrected chi connectivity index (χ2v) is 3.11. The Morgan fingerprint density at radius 2 is 2.43 bits per heavy atom. The topological polar surface area (TPSA) is 62.2 Å². The zero-order valence-electron chi connectivity index (χ0n) is 8.10. The van der Waals surface area contributed by atoms with E-state index >= 15 is 0 Å². The van der Waals surface area contributed by atoms with Crippen molar-refractivity contribution in [1.82, 2.24) is 10.3 Å². The molecule has 0 aliphatic heterocycles. The zero-order valence-corrected chi connectivity index (χ0v) is 8.10. The molecule has 0 aliphatic rings. The standard InChI is InChI=1S/C10H14N2O2/c1-8(13)5-7-12-10(14)9-4-2-3-6-11-9/h2-4,6,8,13H,5,7H2,1H3,(H,12,14). The second kappa shape index (κ2) is 5.34. The molecule has 4 nitrogen and oxygen atoms in total. The summed E-state index contributed by atoms with van der Waals surface area (Å²) in [5, 5.41) is 11.6. The van der Waals surface area contributed by atoms with Gasteiger partial charge < -0.3 is 10.4 Å². The van der Waals surface area contributed by atoms with E-state index < -0.39 is 0 Å². The Hall–Kier alpha value is -1.42. The van der Waals surface area contributed by atoms with Crippen LogP contribution in [0.3, 0.4) is 0 Å². The first-order valence-electron chi connectivity index (χ1n) is 4.57. The van der Waals surface area contributed by atoms with E-state index in [4.69, 9.17) is 5.11 Å². The smallest absolute Gasteiger partial charge is 0.269 e. The molecule has 0 fully saturated rings. The third-order valence-electron chi connectivity index (χ3n) is 1.75. The van der Waals surface area contributed by atoms with E-state index in [1.54, 1.807) is 31.3 Å². The number of aliphatic hydroxyl groups excluding tert-OH is 1. The molecule has 76 valence electrons. The Balaban J connectivity index is 2.36. The van der Waals surface area contributed by atoms with Crippen molar-refractivity contribution in [3.63, 3.8) is 0 Å². The molecule has 1 atom stereocenters. The summed E-state index contributed by atoms with van der Waals surface area (Å²) >= 11 is 0. The monoisotopic (exact) mass is 194 g/mol. The summed E-state index contributed by atoms with van der Waals surface area (Å²) in [4.78, 5) is 15.3. The summed E-state index contributed by atoms with van der Waals surface area (Å²) in [6.45, 7) is 2.15. The third-order valence-corrected chi connectivity index (χ3v) is 1.75. The first kappa shape index (κ1) is 10.7. The van der Waals surface area contributed by atoms with E-state index in [-0.39, 0.29) is 12.0 Å². The van der Waals surface area contributed by atoms with Crippen LogP contribution in [-0.2, 0) is 0 Å². The van der Waals surface area contributed by atoms with Gasteiger partial charge in [-0.05, 0) is 25.5 Å². The molecule has 1 amide bonds. The summed E-state index contributed by atoms with van der Waals surface area (Å²) in [6.07, 6.45) is 1.74. The molecule has 0 saturated carbocycles. The minimum Gasteiger partial charge on any atom is -0.393 e. The number of rotatable bonds is 4. The number of hydrogen-bond donors (Lipinski definition) is 2. The van der Waals surface area contributed by atoms with E-state index in [1.807, 2.05) is 0 Å². The van der Waals surface area contributed by atoms with Crippen LogP contribution < -0.4 is 5.32 Å². The van der Waals surface area contributed by atoms with Crippen molar-refractivity contribution in [2.75, 3.05) is 6.54 Å². The SMILES string of the molecule is CC(O)CCNC(=O)c1ccccn1. The number of nitrogens with one attached hydrogen (secondary N) is 1. The van der Waals surface area contributed by atoms with Crippen LogP contribution in [0.15, 0.2) is 24.4 Å². The van der Waals surface area contributed by atoms with Gasteiger partial charge in [0.15, 0.2) is 0 Å². The van der Waals surface area contributed by atoms with E-state index in [0.29, 0.717) is 18.7 Å². The van der Waals surface area contributed by atoms with Gasteiger partial charge in [-0.2, -0.15) is 0 Å². The van der Waals surface area contributed by atoms with Gasteiger partial charge in [0.2, 0.25) is 0 Å². The summed E-state index contributed by atoms with van der Waals surface area (Å²) < 4.78 is 0. The molecule has 0 aliphatic carbocycles. The average Bonchev–Trinajstić information content (AvgIpc) is 2.18. The van der Waals surface area contributed by atoms with Gasteiger partial charge in [0.1, 0.15) is 5.69 Å². The van der Waals surface area contributed by atoms with Crippen LogP contribution >= 0.6 is 0 Å². The number of aliphatic hydroxyl groups is 1. The summed E-state index contributed by atoms with van der Waals surface area (Å²) in [7, 11) is 0. The lowest BCUT2D eigenvalue weighted by molar-refractivity contribution is 0.0940. The largest absolute Gasteiger partial charge is 0.393 e. The van der Waals surface area contributed by atoms with Crippen LogP contribution in [-0.4, -0.2) is 28.6 Å². The number of carbonyl (C=O) groups is 1.